The van der Waals surface area contributed by atoms with Crippen LogP contribution in [0.3, 0.4) is 0 Å². The van der Waals surface area contributed by atoms with Gasteiger partial charge in [0.15, 0.2) is 0 Å². The van der Waals surface area contributed by atoms with Gasteiger partial charge in [0, 0.05) is 34.2 Å². The number of hydrogen-bond donors (Lipinski definition) is 3. The molecule has 3 N–H and O–H groups in total. The van der Waals surface area contributed by atoms with Crippen molar-refractivity contribution in [1.29, 1.82) is 0 Å². The van der Waals surface area contributed by atoms with Gasteiger partial charge in [-0.05, 0) is 56.6 Å². The summed E-state index contributed by atoms with van der Waals surface area (Å²) in [5, 5.41) is 9.16. The summed E-state index contributed by atoms with van der Waals surface area (Å²) in [5.41, 5.74) is 0.155. The molecule has 0 radical (unpaired) electrons. The SMILES string of the molecule is CC[C@H](C)[C@@H]([C@@H](CC(=O)N1CCC[C@H]1[C@H](OC)C(C)C(=O)N[C@@H](Cc1ccccc1)C(=O)OC)OC)N(C)C(=O)[C@@H](NC(=O)[C@]1(C)CCCN1)C(C)C. The lowest BCUT2D eigenvalue weighted by atomic mass is 9.89. The third kappa shape index (κ3) is 11.0. The Morgan fingerprint density at radius 2 is 1.68 bits per heavy atom. The minimum Gasteiger partial charge on any atom is -0.467 e. The van der Waals surface area contributed by atoms with Crippen molar-refractivity contribution in [2.24, 2.45) is 17.8 Å². The monoisotopic (exact) mass is 743 g/mol. The Morgan fingerprint density at radius 1 is 1.00 bits per heavy atom. The summed E-state index contributed by atoms with van der Waals surface area (Å²) in [6.07, 6.45) is 2.71. The molecule has 298 valence electrons. The van der Waals surface area contributed by atoms with E-state index in [-0.39, 0.29) is 54.3 Å². The van der Waals surface area contributed by atoms with Crippen LogP contribution in [0.5, 0.6) is 0 Å². The number of nitrogens with one attached hydrogen (secondary N) is 3. The van der Waals surface area contributed by atoms with Crippen LogP contribution in [0.4, 0.5) is 0 Å². The molecule has 0 aromatic heterocycles. The number of likely N-dealkylation sites (N-methyl/N-ethyl adjacent to an activating group) is 1. The van der Waals surface area contributed by atoms with Gasteiger partial charge in [-0.15, -0.1) is 0 Å². The highest BCUT2D eigenvalue weighted by Crippen LogP contribution is 2.30. The molecule has 1 unspecified atom stereocenters. The molecule has 0 aliphatic carbocycles. The number of benzene rings is 1. The van der Waals surface area contributed by atoms with Crippen molar-refractivity contribution in [3.63, 3.8) is 0 Å². The Labute approximate surface area is 316 Å². The van der Waals surface area contributed by atoms with Gasteiger partial charge in [-0.3, -0.25) is 19.2 Å². The van der Waals surface area contributed by atoms with E-state index in [4.69, 9.17) is 14.2 Å². The molecular weight excluding hydrogens is 678 g/mol. The molecule has 1 aromatic rings. The number of carbonyl (C=O) groups is 5. The van der Waals surface area contributed by atoms with Crippen molar-refractivity contribution in [2.45, 2.75) is 128 Å². The lowest BCUT2D eigenvalue weighted by molar-refractivity contribution is -0.149. The molecule has 2 fully saturated rings. The van der Waals surface area contributed by atoms with Gasteiger partial charge in [-0.2, -0.15) is 0 Å². The number of ether oxygens (including phenoxy) is 3. The summed E-state index contributed by atoms with van der Waals surface area (Å²) in [5.74, 6) is -2.40. The van der Waals surface area contributed by atoms with E-state index in [9.17, 15) is 24.0 Å². The lowest BCUT2D eigenvalue weighted by Crippen LogP contribution is -2.61. The number of esters is 1. The molecular formula is C40H65N5O8. The Hall–Kier alpha value is -3.55. The van der Waals surface area contributed by atoms with E-state index < -0.39 is 47.8 Å². The molecule has 53 heavy (non-hydrogen) atoms. The summed E-state index contributed by atoms with van der Waals surface area (Å²) in [6, 6.07) is 6.90. The fourth-order valence-electron chi connectivity index (χ4n) is 7.92. The number of rotatable bonds is 19. The van der Waals surface area contributed by atoms with Crippen molar-refractivity contribution >= 4 is 29.6 Å². The highest BCUT2D eigenvalue weighted by molar-refractivity contribution is 5.92. The Kier molecular flexibility index (Phi) is 16.7. The molecule has 2 heterocycles. The van der Waals surface area contributed by atoms with E-state index >= 15 is 0 Å². The second-order valence-electron chi connectivity index (χ2n) is 15.4. The van der Waals surface area contributed by atoms with Gasteiger partial charge in [0.05, 0.1) is 49.3 Å². The normalized spacial score (nSPS) is 22.6. The molecule has 2 aliphatic rings. The maximum Gasteiger partial charge on any atom is 0.328 e. The molecule has 0 spiro atoms. The van der Waals surface area contributed by atoms with Crippen molar-refractivity contribution in [1.82, 2.24) is 25.8 Å². The minimum absolute atomic E-state index is 0.0127. The van der Waals surface area contributed by atoms with Crippen LogP contribution in [0.25, 0.3) is 0 Å². The molecule has 13 heteroatoms. The first-order chi connectivity index (χ1) is 25.1. The van der Waals surface area contributed by atoms with Crippen LogP contribution in [0.2, 0.25) is 0 Å². The molecule has 0 bridgehead atoms. The van der Waals surface area contributed by atoms with Gasteiger partial charge in [-0.1, -0.05) is 71.4 Å². The van der Waals surface area contributed by atoms with Crippen molar-refractivity contribution in [3.05, 3.63) is 35.9 Å². The number of carbonyl (C=O) groups excluding carboxylic acids is 5. The van der Waals surface area contributed by atoms with Crippen LogP contribution in [0, 0.1) is 17.8 Å². The smallest absolute Gasteiger partial charge is 0.328 e. The minimum atomic E-state index is -0.887. The van der Waals surface area contributed by atoms with Crippen molar-refractivity contribution in [3.8, 4) is 0 Å². The second-order valence-corrected chi connectivity index (χ2v) is 15.4. The highest BCUT2D eigenvalue weighted by Gasteiger charge is 2.44. The maximum absolute atomic E-state index is 14.2. The molecule has 13 nitrogen and oxygen atoms in total. The Bertz CT molecular complexity index is 1370. The zero-order chi connectivity index (χ0) is 39.5. The quantitative estimate of drug-likeness (QED) is 0.181. The summed E-state index contributed by atoms with van der Waals surface area (Å²) < 4.78 is 16.9. The van der Waals surface area contributed by atoms with Crippen LogP contribution in [0.15, 0.2) is 30.3 Å². The largest absolute Gasteiger partial charge is 0.467 e. The zero-order valence-electron chi connectivity index (χ0n) is 33.6. The molecule has 4 amide bonds. The van der Waals surface area contributed by atoms with Crippen molar-refractivity contribution in [2.75, 3.05) is 41.5 Å². The Morgan fingerprint density at radius 3 is 2.23 bits per heavy atom. The standard InChI is InChI=1S/C40H65N5O8/c1-11-26(4)34(44(7)37(48)33(25(2)3)43-39(50)40(6)20-16-21-41-40)31(51-8)24-32(46)45-22-15-19-30(45)35(52-9)27(5)36(47)42-29(38(49)53-10)23-28-17-13-12-14-18-28/h12-14,17-18,25-27,29-31,33-35,41H,11,15-16,19-24H2,1-10H3,(H,42,47)(H,43,50)/t26-,27?,29-,30-,31+,33-,34-,35+,40-/m0/s1. The maximum atomic E-state index is 14.2. The number of methoxy groups -OCH3 is 3. The van der Waals surface area contributed by atoms with Gasteiger partial charge in [0.1, 0.15) is 12.1 Å². The first kappa shape index (κ1) is 43.9. The van der Waals surface area contributed by atoms with Gasteiger partial charge in [0.25, 0.3) is 0 Å². The first-order valence-corrected chi connectivity index (χ1v) is 19.2. The summed E-state index contributed by atoms with van der Waals surface area (Å²) >= 11 is 0. The van der Waals surface area contributed by atoms with E-state index in [0.717, 1.165) is 31.4 Å². The highest BCUT2D eigenvalue weighted by atomic mass is 16.5. The van der Waals surface area contributed by atoms with Gasteiger partial charge in [-0.25, -0.2) is 4.79 Å². The van der Waals surface area contributed by atoms with Crippen LogP contribution < -0.4 is 16.0 Å². The third-order valence-corrected chi connectivity index (χ3v) is 11.4. The van der Waals surface area contributed by atoms with E-state index in [0.29, 0.717) is 19.4 Å². The van der Waals surface area contributed by atoms with Crippen LogP contribution >= 0.6 is 0 Å². The van der Waals surface area contributed by atoms with E-state index in [1.165, 1.54) is 14.2 Å². The number of hydrogen-bond acceptors (Lipinski definition) is 9. The number of amides is 4. The number of nitrogens with zero attached hydrogens (tertiary/aromatic N) is 2. The first-order valence-electron chi connectivity index (χ1n) is 19.2. The average Bonchev–Trinajstić information content (AvgIpc) is 3.83. The average molecular weight is 744 g/mol. The van der Waals surface area contributed by atoms with Crippen molar-refractivity contribution < 1.29 is 38.2 Å². The van der Waals surface area contributed by atoms with Gasteiger partial charge in [0.2, 0.25) is 23.6 Å². The van der Waals surface area contributed by atoms with E-state index in [1.54, 1.807) is 30.9 Å². The Balaban J connectivity index is 1.77. The third-order valence-electron chi connectivity index (χ3n) is 11.4. The van der Waals surface area contributed by atoms with Crippen LogP contribution in [0.1, 0.15) is 85.6 Å². The van der Waals surface area contributed by atoms with Gasteiger partial charge >= 0.3 is 5.97 Å². The molecule has 2 aliphatic heterocycles. The summed E-state index contributed by atoms with van der Waals surface area (Å²) in [6.45, 7) is 12.8. The molecule has 9 atom stereocenters. The predicted octanol–water partition coefficient (Wildman–Crippen LogP) is 3.09. The fourth-order valence-corrected chi connectivity index (χ4v) is 7.92. The summed E-state index contributed by atoms with van der Waals surface area (Å²) in [7, 11) is 6.10. The van der Waals surface area contributed by atoms with E-state index in [2.05, 4.69) is 16.0 Å². The second kappa shape index (κ2) is 20.2. The predicted molar refractivity (Wildman–Crippen MR) is 203 cm³/mol. The zero-order valence-corrected chi connectivity index (χ0v) is 33.6. The molecule has 2 saturated heterocycles. The fraction of sp³-hybridized carbons (Fsp3) is 0.725. The van der Waals surface area contributed by atoms with Gasteiger partial charge < -0.3 is 40.0 Å². The lowest BCUT2D eigenvalue weighted by Gasteiger charge is -2.41. The summed E-state index contributed by atoms with van der Waals surface area (Å²) in [4.78, 5) is 71.4. The van der Waals surface area contributed by atoms with Crippen LogP contribution in [-0.2, 0) is 44.6 Å². The molecule has 1 aromatic carbocycles. The van der Waals surface area contributed by atoms with E-state index in [1.807, 2.05) is 65.0 Å². The molecule has 3 rings (SSSR count). The van der Waals surface area contributed by atoms with Crippen LogP contribution in [-0.4, -0.2) is 123 Å². The number of likely N-dealkylation sites (tertiary alicyclic amines) is 1. The molecule has 0 saturated carbocycles. The topological polar surface area (TPSA) is 156 Å².